The van der Waals surface area contributed by atoms with Gasteiger partial charge in [-0.1, -0.05) is 0 Å². The van der Waals surface area contributed by atoms with Crippen molar-refractivity contribution in [3.05, 3.63) is 0 Å². The predicted molar refractivity (Wildman–Crippen MR) is 32.3 cm³/mol. The molecule has 0 aromatic carbocycles. The first-order valence-corrected chi connectivity index (χ1v) is 6.95. The van der Waals surface area contributed by atoms with Gasteiger partial charge in [0.25, 0.3) is 9.74 Å². The Hall–Kier alpha value is -0.190. The molecule has 2 N–H and O–H groups in total. The van der Waals surface area contributed by atoms with Crippen molar-refractivity contribution < 1.29 is 25.3 Å². The third-order valence-corrected chi connectivity index (χ3v) is 7.25. The minimum absolute atomic E-state index is 4.01. The average molecular weight is 209 g/mol. The molecule has 0 aliphatic rings. The van der Waals surface area contributed by atoms with Gasteiger partial charge in [-0.3, -0.25) is 0 Å². The Morgan fingerprint density at radius 3 is 1.30 bits per heavy atom. The summed E-state index contributed by atoms with van der Waals surface area (Å²) in [6.45, 7) is 0. The number of thiol groups is 1. The van der Waals surface area contributed by atoms with Crippen LogP contribution in [-0.4, -0.2) is 25.3 Å². The molecule has 0 aliphatic heterocycles. The molecule has 0 atom stereocenters. The summed E-state index contributed by atoms with van der Waals surface area (Å²) in [4.78, 5) is 0. The largest absolute Gasteiger partial charge is 0.368 e. The van der Waals surface area contributed by atoms with Crippen molar-refractivity contribution in [2.75, 3.05) is 0 Å². The van der Waals surface area contributed by atoms with E-state index < -0.39 is 26.7 Å². The highest BCUT2D eigenvalue weighted by Crippen LogP contribution is 1.95. The van der Waals surface area contributed by atoms with E-state index in [1.807, 2.05) is 0 Å². The van der Waals surface area contributed by atoms with E-state index >= 15 is 0 Å². The molecule has 0 rings (SSSR count). The maximum Gasteiger partial charge on any atom is 0.368 e. The molecule has 0 bridgehead atoms. The van der Waals surface area contributed by atoms with Crippen LogP contribution in [0.1, 0.15) is 0 Å². The highest BCUT2D eigenvalue weighted by molar-refractivity contribution is 8.94. The van der Waals surface area contributed by atoms with Gasteiger partial charge in [0.15, 0.2) is 0 Å². The van der Waals surface area contributed by atoms with Crippen molar-refractivity contribution in [3.8, 4) is 0 Å². The Morgan fingerprint density at radius 1 is 1.00 bits per heavy atom. The molecule has 0 unspecified atom stereocenters. The molecule has 0 heterocycles. The van der Waals surface area contributed by atoms with Crippen LogP contribution in [0.3, 0.4) is 0 Å². The summed E-state index contributed by atoms with van der Waals surface area (Å²) in [6, 6.07) is 0. The van der Waals surface area contributed by atoms with Gasteiger partial charge in [-0.05, 0) is 0 Å². The van der Waals surface area contributed by atoms with Crippen molar-refractivity contribution in [1.82, 2.24) is 0 Å². The van der Waals surface area contributed by atoms with Crippen molar-refractivity contribution >= 4 is 26.7 Å². The molecule has 0 amide bonds. The molecule has 0 saturated carbocycles. The Morgan fingerprint density at radius 2 is 1.30 bits per heavy atom. The fourth-order valence-corrected chi connectivity index (χ4v) is 2.29. The molecule has 0 fully saturated rings. The Balaban J connectivity index is 5.68. The molecule has 10 heteroatoms. The van der Waals surface area contributed by atoms with Crippen LogP contribution in [0.2, 0.25) is 0 Å². The van der Waals surface area contributed by atoms with Crippen LogP contribution in [0.15, 0.2) is 0 Å². The topological polar surface area (TPSA) is 128 Å². The molecule has 7 nitrogen and oxygen atoms in total. The van der Waals surface area contributed by atoms with Crippen molar-refractivity contribution in [3.63, 3.8) is 0 Å². The molecule has 0 saturated heterocycles. The standard InChI is InChI=1S/H3NO6S3/c1-9(4,5)10(6,7)8(2)3/h8H,(H2,1,4,5). The van der Waals surface area contributed by atoms with Gasteiger partial charge in [-0.2, -0.15) is 16.8 Å². The van der Waals surface area contributed by atoms with Crippen LogP contribution >= 0.6 is 0 Å². The van der Waals surface area contributed by atoms with Crippen molar-refractivity contribution in [2.24, 2.45) is 5.14 Å². The number of hydrogen-bond donors (Lipinski definition) is 2. The van der Waals surface area contributed by atoms with Crippen LogP contribution in [0.4, 0.5) is 0 Å². The van der Waals surface area contributed by atoms with E-state index in [1.54, 1.807) is 0 Å². The zero-order valence-corrected chi connectivity index (χ0v) is 6.82. The first kappa shape index (κ1) is 9.81. The second-order valence-corrected chi connectivity index (χ2v) is 9.22. The van der Waals surface area contributed by atoms with Gasteiger partial charge in [-0.25, -0.2) is 13.6 Å². The maximum atomic E-state index is 10.0. The van der Waals surface area contributed by atoms with E-state index in [-0.39, 0.29) is 0 Å². The lowest BCUT2D eigenvalue weighted by Gasteiger charge is -1.87. The highest BCUT2D eigenvalue weighted by Gasteiger charge is 2.28. The second kappa shape index (κ2) is 2.45. The quantitative estimate of drug-likeness (QED) is 0.371. The van der Waals surface area contributed by atoms with Gasteiger partial charge in [0, 0.05) is 0 Å². The molecule has 0 spiro atoms. The molecular weight excluding hydrogens is 206 g/mol. The normalized spacial score (nSPS) is 13.8. The van der Waals surface area contributed by atoms with Crippen LogP contribution in [0.5, 0.6) is 0 Å². The minimum Gasteiger partial charge on any atom is -0.215 e. The summed E-state index contributed by atoms with van der Waals surface area (Å²) in [6.07, 6.45) is 0. The second-order valence-electron chi connectivity index (χ2n) is 1.14. The van der Waals surface area contributed by atoms with E-state index in [4.69, 9.17) is 0 Å². The lowest BCUT2D eigenvalue weighted by molar-refractivity contribution is 0.584. The van der Waals surface area contributed by atoms with E-state index in [0.717, 1.165) is 0 Å². The van der Waals surface area contributed by atoms with Crippen LogP contribution in [0, 0.1) is 0 Å². The molecule has 0 aliphatic carbocycles. The fraction of sp³-hybridized carbons (Fsp3) is 0. The van der Waals surface area contributed by atoms with Crippen molar-refractivity contribution in [1.29, 1.82) is 0 Å². The zero-order chi connectivity index (χ0) is 8.58. The van der Waals surface area contributed by atoms with Gasteiger partial charge in [0.05, 0.1) is 0 Å². The number of hydrogen-bond acceptors (Lipinski definition) is 6. The first-order chi connectivity index (χ1) is 4.19. The molecule has 0 aromatic rings. The monoisotopic (exact) mass is 209 g/mol. The van der Waals surface area contributed by atoms with Gasteiger partial charge in [0.2, 0.25) is 0 Å². The predicted octanol–water partition coefficient (Wildman–Crippen LogP) is -2.87. The maximum absolute atomic E-state index is 10.0. The lowest BCUT2D eigenvalue weighted by atomic mass is 14.0. The minimum atomic E-state index is -5.21. The van der Waals surface area contributed by atoms with Gasteiger partial charge in [-0.15, -0.1) is 0 Å². The fourth-order valence-electron chi connectivity index (χ4n) is 0.0848. The Labute approximate surface area is 57.6 Å². The van der Waals surface area contributed by atoms with Crippen LogP contribution < -0.4 is 5.14 Å². The summed E-state index contributed by atoms with van der Waals surface area (Å²) >= 11 is 0. The summed E-state index contributed by atoms with van der Waals surface area (Å²) in [5.41, 5.74) is 0. The molecule has 10 heavy (non-hydrogen) atoms. The smallest absolute Gasteiger partial charge is 0.215 e. The summed E-state index contributed by atoms with van der Waals surface area (Å²) in [5.74, 6) is 0. The first-order valence-electron chi connectivity index (χ1n) is 1.62. The zero-order valence-electron chi connectivity index (χ0n) is 4.29. The molecular formula is H3NO6S3. The van der Waals surface area contributed by atoms with E-state index in [9.17, 15) is 25.3 Å². The van der Waals surface area contributed by atoms with Gasteiger partial charge in [0.1, 0.15) is 0 Å². The van der Waals surface area contributed by atoms with Crippen LogP contribution in [-0.2, 0) is 26.7 Å². The molecule has 62 valence electrons. The van der Waals surface area contributed by atoms with Crippen molar-refractivity contribution in [2.45, 2.75) is 0 Å². The lowest BCUT2D eigenvalue weighted by Crippen LogP contribution is -2.24. The summed E-state index contributed by atoms with van der Waals surface area (Å²) < 4.78 is 59.2. The third-order valence-electron chi connectivity index (χ3n) is 0.476. The highest BCUT2D eigenvalue weighted by atomic mass is 33.6. The van der Waals surface area contributed by atoms with Gasteiger partial charge >= 0.3 is 17.0 Å². The van der Waals surface area contributed by atoms with E-state index in [0.29, 0.717) is 0 Å². The molecule has 0 aromatic heterocycles. The summed E-state index contributed by atoms with van der Waals surface area (Å²) in [5, 5.41) is 4.01. The number of nitrogens with two attached hydrogens (primary N) is 1. The van der Waals surface area contributed by atoms with Crippen LogP contribution in [0.25, 0.3) is 0 Å². The number of rotatable bonds is 2. The SMILES string of the molecule is NS(=O)(=O)S(=O)(=O)[SH](=O)=O. The van der Waals surface area contributed by atoms with E-state index in [2.05, 4.69) is 5.14 Å². The Kier molecular flexibility index (Phi) is 2.40. The van der Waals surface area contributed by atoms with Gasteiger partial charge < -0.3 is 0 Å². The Bertz CT molecular complexity index is 369. The molecule has 0 radical (unpaired) electrons. The van der Waals surface area contributed by atoms with E-state index in [1.165, 1.54) is 0 Å². The third kappa shape index (κ3) is 1.65. The average Bonchev–Trinajstić information content (AvgIpc) is 1.62. The summed E-state index contributed by atoms with van der Waals surface area (Å²) in [7, 11) is -14.3.